The molecule has 1 unspecified atom stereocenters. The predicted octanol–water partition coefficient (Wildman–Crippen LogP) is 2.83. The molecule has 0 aromatic carbocycles. The van der Waals surface area contributed by atoms with Crippen molar-refractivity contribution < 1.29 is 0 Å². The van der Waals surface area contributed by atoms with Crippen molar-refractivity contribution in [2.24, 2.45) is 0 Å². The fourth-order valence-electron chi connectivity index (χ4n) is 1.96. The van der Waals surface area contributed by atoms with Crippen molar-refractivity contribution in [2.75, 3.05) is 6.54 Å². The predicted molar refractivity (Wildman–Crippen MR) is 68.5 cm³/mol. The van der Waals surface area contributed by atoms with E-state index in [1.54, 1.807) is 0 Å². The first-order chi connectivity index (χ1) is 7.86. The maximum absolute atomic E-state index is 4.20. The van der Waals surface area contributed by atoms with E-state index in [4.69, 9.17) is 0 Å². The summed E-state index contributed by atoms with van der Waals surface area (Å²) in [5, 5.41) is 7.83. The van der Waals surface area contributed by atoms with Gasteiger partial charge < -0.3 is 5.32 Å². The minimum absolute atomic E-state index is 0.695. The number of hydrogen-bond donors (Lipinski definition) is 1. The number of unbranched alkanes of at least 4 members (excludes halogenated alkanes) is 1. The first kappa shape index (κ1) is 13.2. The van der Waals surface area contributed by atoms with E-state index in [9.17, 15) is 0 Å². The Balaban J connectivity index is 2.15. The van der Waals surface area contributed by atoms with Crippen LogP contribution in [-0.2, 0) is 6.54 Å². The third-order valence-corrected chi connectivity index (χ3v) is 2.88. The quantitative estimate of drug-likeness (QED) is 0.697. The van der Waals surface area contributed by atoms with Crippen LogP contribution in [0.25, 0.3) is 0 Å². The Morgan fingerprint density at radius 1 is 1.25 bits per heavy atom. The van der Waals surface area contributed by atoms with Gasteiger partial charge in [-0.05, 0) is 18.9 Å². The fourth-order valence-corrected chi connectivity index (χ4v) is 1.96. The van der Waals surface area contributed by atoms with Gasteiger partial charge in [0.2, 0.25) is 0 Å². The number of nitrogens with zero attached hydrogens (tertiary/aromatic N) is 2. The van der Waals surface area contributed by atoms with E-state index < -0.39 is 0 Å². The summed E-state index contributed by atoms with van der Waals surface area (Å²) in [6.45, 7) is 6.51. The largest absolute Gasteiger partial charge is 0.312 e. The van der Waals surface area contributed by atoms with Gasteiger partial charge in [0, 0.05) is 25.0 Å². The molecule has 0 amide bonds. The Bertz CT molecular complexity index is 244. The topological polar surface area (TPSA) is 29.9 Å². The molecule has 0 saturated heterocycles. The van der Waals surface area contributed by atoms with Crippen molar-refractivity contribution in [1.29, 1.82) is 0 Å². The van der Waals surface area contributed by atoms with Gasteiger partial charge in [-0.2, -0.15) is 5.10 Å². The molecule has 0 bridgehead atoms. The van der Waals surface area contributed by atoms with Crippen molar-refractivity contribution in [3.05, 3.63) is 18.5 Å². The lowest BCUT2D eigenvalue weighted by Crippen LogP contribution is -2.31. The molecule has 1 rings (SSSR count). The van der Waals surface area contributed by atoms with Gasteiger partial charge in [0.15, 0.2) is 0 Å². The van der Waals surface area contributed by atoms with E-state index in [1.807, 2.05) is 23.1 Å². The van der Waals surface area contributed by atoms with Crippen molar-refractivity contribution >= 4 is 0 Å². The molecule has 3 nitrogen and oxygen atoms in total. The molecule has 1 aromatic heterocycles. The summed E-state index contributed by atoms with van der Waals surface area (Å²) in [6.07, 6.45) is 10.3. The summed E-state index contributed by atoms with van der Waals surface area (Å²) in [7, 11) is 0. The Kier molecular flexibility index (Phi) is 6.90. The van der Waals surface area contributed by atoms with Crippen LogP contribution >= 0.6 is 0 Å². The second kappa shape index (κ2) is 8.34. The molecule has 16 heavy (non-hydrogen) atoms. The lowest BCUT2D eigenvalue weighted by atomic mass is 10.1. The second-order valence-electron chi connectivity index (χ2n) is 4.35. The van der Waals surface area contributed by atoms with Crippen LogP contribution in [0.3, 0.4) is 0 Å². The highest BCUT2D eigenvalue weighted by atomic mass is 15.3. The molecular weight excluding hydrogens is 198 g/mol. The molecule has 0 aliphatic carbocycles. The number of aromatic nitrogens is 2. The lowest BCUT2D eigenvalue weighted by molar-refractivity contribution is 0.417. The third kappa shape index (κ3) is 5.31. The van der Waals surface area contributed by atoms with Crippen LogP contribution in [-0.4, -0.2) is 22.4 Å². The summed E-state index contributed by atoms with van der Waals surface area (Å²) in [5.74, 6) is 0. The van der Waals surface area contributed by atoms with Gasteiger partial charge in [-0.25, -0.2) is 0 Å². The lowest BCUT2D eigenvalue weighted by Gasteiger charge is -2.17. The van der Waals surface area contributed by atoms with E-state index in [2.05, 4.69) is 24.3 Å². The Morgan fingerprint density at radius 2 is 2.12 bits per heavy atom. The monoisotopic (exact) mass is 223 g/mol. The average Bonchev–Trinajstić information content (AvgIpc) is 2.79. The van der Waals surface area contributed by atoms with E-state index >= 15 is 0 Å². The number of hydrogen-bond acceptors (Lipinski definition) is 2. The van der Waals surface area contributed by atoms with Crippen molar-refractivity contribution in [1.82, 2.24) is 15.1 Å². The zero-order valence-electron chi connectivity index (χ0n) is 10.7. The van der Waals surface area contributed by atoms with Crippen LogP contribution in [0.4, 0.5) is 0 Å². The van der Waals surface area contributed by atoms with Gasteiger partial charge in [0.05, 0.1) is 6.54 Å². The minimum atomic E-state index is 0.695. The van der Waals surface area contributed by atoms with E-state index in [0.29, 0.717) is 6.04 Å². The molecule has 0 spiro atoms. The second-order valence-corrected chi connectivity index (χ2v) is 4.35. The fraction of sp³-hybridized carbons (Fsp3) is 0.769. The Labute approximate surface area is 99.2 Å². The van der Waals surface area contributed by atoms with Crippen LogP contribution in [0.2, 0.25) is 0 Å². The average molecular weight is 223 g/mol. The Morgan fingerprint density at radius 3 is 2.75 bits per heavy atom. The SMILES string of the molecule is CCCCC(CCC)NCCn1cccn1. The van der Waals surface area contributed by atoms with Crippen LogP contribution in [0, 0.1) is 0 Å². The molecule has 1 N–H and O–H groups in total. The van der Waals surface area contributed by atoms with Crippen LogP contribution in [0.15, 0.2) is 18.5 Å². The molecule has 1 heterocycles. The van der Waals surface area contributed by atoms with E-state index in [-0.39, 0.29) is 0 Å². The molecule has 0 saturated carbocycles. The molecule has 0 aliphatic heterocycles. The maximum Gasteiger partial charge on any atom is 0.0534 e. The zero-order chi connectivity index (χ0) is 11.6. The third-order valence-electron chi connectivity index (χ3n) is 2.88. The Hall–Kier alpha value is -0.830. The van der Waals surface area contributed by atoms with E-state index in [1.165, 1.54) is 32.1 Å². The minimum Gasteiger partial charge on any atom is -0.312 e. The smallest absolute Gasteiger partial charge is 0.0534 e. The maximum atomic E-state index is 4.20. The first-order valence-corrected chi connectivity index (χ1v) is 6.57. The highest BCUT2D eigenvalue weighted by Crippen LogP contribution is 2.06. The van der Waals surface area contributed by atoms with Gasteiger partial charge >= 0.3 is 0 Å². The summed E-state index contributed by atoms with van der Waals surface area (Å²) < 4.78 is 1.98. The highest BCUT2D eigenvalue weighted by Gasteiger charge is 2.05. The molecule has 92 valence electrons. The molecule has 0 aliphatic rings. The van der Waals surface area contributed by atoms with Crippen LogP contribution in [0.5, 0.6) is 0 Å². The van der Waals surface area contributed by atoms with Gasteiger partial charge in [0.1, 0.15) is 0 Å². The summed E-state index contributed by atoms with van der Waals surface area (Å²) in [6, 6.07) is 2.67. The molecular formula is C13H25N3. The van der Waals surface area contributed by atoms with Crippen LogP contribution in [0.1, 0.15) is 46.0 Å². The van der Waals surface area contributed by atoms with Crippen molar-refractivity contribution in [2.45, 2.75) is 58.5 Å². The molecule has 0 fully saturated rings. The first-order valence-electron chi connectivity index (χ1n) is 6.57. The van der Waals surface area contributed by atoms with Gasteiger partial charge in [0.25, 0.3) is 0 Å². The molecule has 1 atom stereocenters. The standard InChI is InChI=1S/C13H25N3/c1-3-5-8-13(7-4-2)14-10-12-16-11-6-9-15-16/h6,9,11,13-14H,3-5,7-8,10,12H2,1-2H3. The van der Waals surface area contributed by atoms with E-state index in [0.717, 1.165) is 13.1 Å². The van der Waals surface area contributed by atoms with Gasteiger partial charge in [-0.15, -0.1) is 0 Å². The number of nitrogens with one attached hydrogen (secondary N) is 1. The van der Waals surface area contributed by atoms with Crippen molar-refractivity contribution in [3.63, 3.8) is 0 Å². The molecule has 1 aromatic rings. The number of rotatable bonds is 9. The highest BCUT2D eigenvalue weighted by molar-refractivity contribution is 4.78. The molecule has 3 heteroatoms. The van der Waals surface area contributed by atoms with Crippen LogP contribution < -0.4 is 5.32 Å². The normalized spacial score (nSPS) is 12.9. The van der Waals surface area contributed by atoms with Gasteiger partial charge in [-0.3, -0.25) is 4.68 Å². The summed E-state index contributed by atoms with van der Waals surface area (Å²) in [4.78, 5) is 0. The molecule has 0 radical (unpaired) electrons. The van der Waals surface area contributed by atoms with Gasteiger partial charge in [-0.1, -0.05) is 33.1 Å². The summed E-state index contributed by atoms with van der Waals surface area (Å²) >= 11 is 0. The zero-order valence-corrected chi connectivity index (χ0v) is 10.7. The van der Waals surface area contributed by atoms with Crippen molar-refractivity contribution in [3.8, 4) is 0 Å². The summed E-state index contributed by atoms with van der Waals surface area (Å²) in [5.41, 5.74) is 0.